The molecular weight excluding hydrogens is 330 g/mol. The summed E-state index contributed by atoms with van der Waals surface area (Å²) in [7, 11) is 0. The number of likely N-dealkylation sites (tertiary alicyclic amines) is 1. The number of hydrogen-bond acceptors (Lipinski definition) is 3. The lowest BCUT2D eigenvalue weighted by molar-refractivity contribution is 0.0682. The Kier molecular flexibility index (Phi) is 4.16. The van der Waals surface area contributed by atoms with Gasteiger partial charge in [0.05, 0.1) is 5.56 Å². The summed E-state index contributed by atoms with van der Waals surface area (Å²) in [6, 6.07) is 11.2. The van der Waals surface area contributed by atoms with Crippen molar-refractivity contribution >= 4 is 22.8 Å². The number of fused-ring (bicyclic) bond motifs is 1. The maximum absolute atomic E-state index is 12.6. The molecule has 6 nitrogen and oxygen atoms in total. The summed E-state index contributed by atoms with van der Waals surface area (Å²) >= 11 is 0. The standard InChI is InChI=1S/C20H19N3O3/c24-19(14-5-6-18(20(25)26)21-11-14)23-9-7-13(8-10-23)16-12-22-17-4-2-1-3-15(16)17/h1-6,11-13,22H,7-10H2,(H,25,26). The third kappa shape index (κ3) is 2.94. The molecule has 4 rings (SSSR count). The van der Waals surface area contributed by atoms with E-state index < -0.39 is 5.97 Å². The molecule has 1 aliphatic rings. The highest BCUT2D eigenvalue weighted by atomic mass is 16.4. The topological polar surface area (TPSA) is 86.3 Å². The van der Waals surface area contributed by atoms with E-state index >= 15 is 0 Å². The van der Waals surface area contributed by atoms with Crippen molar-refractivity contribution in [3.05, 3.63) is 65.6 Å². The number of aromatic nitrogens is 2. The Labute approximate surface area is 150 Å². The lowest BCUT2D eigenvalue weighted by Crippen LogP contribution is -2.38. The van der Waals surface area contributed by atoms with Crippen LogP contribution >= 0.6 is 0 Å². The number of amides is 1. The van der Waals surface area contributed by atoms with E-state index in [4.69, 9.17) is 5.11 Å². The average Bonchev–Trinajstić information content (AvgIpc) is 3.12. The zero-order valence-electron chi connectivity index (χ0n) is 14.2. The van der Waals surface area contributed by atoms with Gasteiger partial charge in [0.1, 0.15) is 5.69 Å². The van der Waals surface area contributed by atoms with Crippen LogP contribution in [0.1, 0.15) is 45.2 Å². The highest BCUT2D eigenvalue weighted by Crippen LogP contribution is 2.33. The first kappa shape index (κ1) is 16.3. The Balaban J connectivity index is 1.44. The molecule has 0 saturated carbocycles. The molecule has 1 aliphatic heterocycles. The first-order valence-electron chi connectivity index (χ1n) is 8.68. The van der Waals surface area contributed by atoms with Crippen molar-refractivity contribution in [2.24, 2.45) is 0 Å². The van der Waals surface area contributed by atoms with Crippen LogP contribution in [0, 0.1) is 0 Å². The van der Waals surface area contributed by atoms with E-state index in [9.17, 15) is 9.59 Å². The Morgan fingerprint density at radius 2 is 1.88 bits per heavy atom. The van der Waals surface area contributed by atoms with Crippen LogP contribution < -0.4 is 0 Å². The molecule has 132 valence electrons. The summed E-state index contributed by atoms with van der Waals surface area (Å²) < 4.78 is 0. The van der Waals surface area contributed by atoms with Crippen molar-refractivity contribution in [1.82, 2.24) is 14.9 Å². The summed E-state index contributed by atoms with van der Waals surface area (Å²) in [4.78, 5) is 32.5. The number of nitrogens with zero attached hydrogens (tertiary/aromatic N) is 2. The van der Waals surface area contributed by atoms with Gasteiger partial charge in [0.15, 0.2) is 0 Å². The van der Waals surface area contributed by atoms with Crippen molar-refractivity contribution in [3.63, 3.8) is 0 Å². The zero-order chi connectivity index (χ0) is 18.1. The number of benzene rings is 1. The molecule has 3 heterocycles. The van der Waals surface area contributed by atoms with E-state index in [0.717, 1.165) is 18.4 Å². The van der Waals surface area contributed by atoms with Gasteiger partial charge in [-0.15, -0.1) is 0 Å². The summed E-state index contributed by atoms with van der Waals surface area (Å²) in [5, 5.41) is 10.2. The number of pyridine rings is 1. The summed E-state index contributed by atoms with van der Waals surface area (Å²) in [5.74, 6) is -0.752. The minimum Gasteiger partial charge on any atom is -0.477 e. The Morgan fingerprint density at radius 3 is 2.58 bits per heavy atom. The second kappa shape index (κ2) is 6.63. The number of aromatic carboxylic acids is 1. The van der Waals surface area contributed by atoms with Crippen LogP contribution in [0.15, 0.2) is 48.8 Å². The maximum Gasteiger partial charge on any atom is 0.354 e. The molecule has 0 radical (unpaired) electrons. The van der Waals surface area contributed by atoms with Crippen LogP contribution in [0.25, 0.3) is 10.9 Å². The maximum atomic E-state index is 12.6. The van der Waals surface area contributed by atoms with E-state index in [2.05, 4.69) is 28.3 Å². The number of carbonyl (C=O) groups excluding carboxylic acids is 1. The van der Waals surface area contributed by atoms with Crippen LogP contribution in [-0.4, -0.2) is 44.9 Å². The molecule has 0 unspecified atom stereocenters. The molecule has 3 aromatic rings. The van der Waals surface area contributed by atoms with Gasteiger partial charge < -0.3 is 15.0 Å². The van der Waals surface area contributed by atoms with Gasteiger partial charge in [0.2, 0.25) is 0 Å². The number of carboxylic acid groups (broad SMARTS) is 1. The molecule has 0 bridgehead atoms. The van der Waals surface area contributed by atoms with Crippen molar-refractivity contribution in [3.8, 4) is 0 Å². The fraction of sp³-hybridized carbons (Fsp3) is 0.250. The van der Waals surface area contributed by atoms with Gasteiger partial charge >= 0.3 is 5.97 Å². The van der Waals surface area contributed by atoms with Crippen LogP contribution in [0.4, 0.5) is 0 Å². The van der Waals surface area contributed by atoms with Crippen molar-refractivity contribution in [1.29, 1.82) is 0 Å². The highest BCUT2D eigenvalue weighted by molar-refractivity contribution is 5.95. The molecule has 0 spiro atoms. The minimum absolute atomic E-state index is 0.0559. The van der Waals surface area contributed by atoms with Crippen molar-refractivity contribution in [2.75, 3.05) is 13.1 Å². The molecule has 0 atom stereocenters. The number of piperidine rings is 1. The summed E-state index contributed by atoms with van der Waals surface area (Å²) in [6.07, 6.45) is 5.25. The molecule has 2 N–H and O–H groups in total. The quantitative estimate of drug-likeness (QED) is 0.760. The van der Waals surface area contributed by atoms with Gasteiger partial charge in [-0.2, -0.15) is 0 Å². The first-order valence-corrected chi connectivity index (χ1v) is 8.68. The third-order valence-corrected chi connectivity index (χ3v) is 5.07. The van der Waals surface area contributed by atoms with Gasteiger partial charge in [-0.3, -0.25) is 4.79 Å². The number of nitrogens with one attached hydrogen (secondary N) is 1. The van der Waals surface area contributed by atoms with E-state index in [-0.39, 0.29) is 11.6 Å². The molecule has 0 aliphatic carbocycles. The largest absolute Gasteiger partial charge is 0.477 e. The van der Waals surface area contributed by atoms with Crippen LogP contribution in [-0.2, 0) is 0 Å². The number of rotatable bonds is 3. The minimum atomic E-state index is -1.09. The molecule has 1 amide bonds. The number of H-pyrrole nitrogens is 1. The lowest BCUT2D eigenvalue weighted by Gasteiger charge is -2.32. The highest BCUT2D eigenvalue weighted by Gasteiger charge is 2.26. The third-order valence-electron chi connectivity index (χ3n) is 5.07. The monoisotopic (exact) mass is 349 g/mol. The van der Waals surface area contributed by atoms with Crippen molar-refractivity contribution < 1.29 is 14.7 Å². The van der Waals surface area contributed by atoms with Gasteiger partial charge in [-0.1, -0.05) is 18.2 Å². The average molecular weight is 349 g/mol. The zero-order valence-corrected chi connectivity index (χ0v) is 14.2. The summed E-state index contributed by atoms with van der Waals surface area (Å²) in [6.45, 7) is 1.37. The number of aromatic amines is 1. The van der Waals surface area contributed by atoms with Crippen LogP contribution in [0.3, 0.4) is 0 Å². The van der Waals surface area contributed by atoms with Crippen LogP contribution in [0.5, 0.6) is 0 Å². The van der Waals surface area contributed by atoms with E-state index in [0.29, 0.717) is 24.6 Å². The predicted molar refractivity (Wildman–Crippen MR) is 97.4 cm³/mol. The molecule has 6 heteroatoms. The second-order valence-corrected chi connectivity index (χ2v) is 6.59. The van der Waals surface area contributed by atoms with Gasteiger partial charge in [-0.05, 0) is 42.5 Å². The number of carbonyl (C=O) groups is 2. The van der Waals surface area contributed by atoms with Gasteiger partial charge in [-0.25, -0.2) is 9.78 Å². The molecule has 1 saturated heterocycles. The van der Waals surface area contributed by atoms with E-state index in [1.807, 2.05) is 17.0 Å². The van der Waals surface area contributed by atoms with Gasteiger partial charge in [0.25, 0.3) is 5.91 Å². The number of hydrogen-bond donors (Lipinski definition) is 2. The molecule has 26 heavy (non-hydrogen) atoms. The molecule has 2 aromatic heterocycles. The van der Waals surface area contributed by atoms with Crippen LogP contribution in [0.2, 0.25) is 0 Å². The smallest absolute Gasteiger partial charge is 0.354 e. The normalized spacial score (nSPS) is 15.3. The van der Waals surface area contributed by atoms with Gasteiger partial charge in [0, 0.05) is 36.4 Å². The predicted octanol–water partition coefficient (Wildman–Crippen LogP) is 3.28. The first-order chi connectivity index (χ1) is 12.6. The summed E-state index contributed by atoms with van der Waals surface area (Å²) in [5.41, 5.74) is 2.84. The Bertz CT molecular complexity index is 954. The SMILES string of the molecule is O=C(O)c1ccc(C(=O)N2CCC(c3c[nH]c4ccccc34)CC2)cn1. The fourth-order valence-corrected chi connectivity index (χ4v) is 3.65. The van der Waals surface area contributed by atoms with Crippen molar-refractivity contribution in [2.45, 2.75) is 18.8 Å². The van der Waals surface area contributed by atoms with E-state index in [1.54, 1.807) is 0 Å². The molecule has 1 fully saturated rings. The molecular formula is C20H19N3O3. The lowest BCUT2D eigenvalue weighted by atomic mass is 9.89. The molecule has 1 aromatic carbocycles. The second-order valence-electron chi connectivity index (χ2n) is 6.59. The Morgan fingerprint density at radius 1 is 1.12 bits per heavy atom. The number of para-hydroxylation sites is 1. The Hall–Kier alpha value is -3.15. The van der Waals surface area contributed by atoms with E-state index in [1.165, 1.54) is 29.3 Å². The number of carboxylic acids is 1. The fourth-order valence-electron chi connectivity index (χ4n) is 3.65.